The van der Waals surface area contributed by atoms with Gasteiger partial charge in [0.2, 0.25) is 0 Å². The van der Waals surface area contributed by atoms with Crippen LogP contribution in [0.1, 0.15) is 22.6 Å². The molecule has 0 spiro atoms. The van der Waals surface area contributed by atoms with Crippen LogP contribution in [0.25, 0.3) is 11.1 Å². The van der Waals surface area contributed by atoms with Crippen molar-refractivity contribution in [2.75, 3.05) is 6.61 Å². The molecule has 170 valence electrons. The van der Waals surface area contributed by atoms with Gasteiger partial charge in [-0.3, -0.25) is 9.35 Å². The first-order valence-electron chi connectivity index (χ1n) is 10.1. The fraction of sp³-hybridized carbons (Fsp3) is 0.167. The van der Waals surface area contributed by atoms with Crippen molar-refractivity contribution in [1.29, 1.82) is 0 Å². The number of nitrogens with one attached hydrogen (secondary N) is 1. The summed E-state index contributed by atoms with van der Waals surface area (Å²) in [6, 6.07) is 19.6. The van der Waals surface area contributed by atoms with Gasteiger partial charge < -0.3 is 15.2 Å². The Morgan fingerprint density at radius 2 is 1.45 bits per heavy atom. The molecule has 3 aromatic carbocycles. The van der Waals surface area contributed by atoms with Gasteiger partial charge in [0.15, 0.2) is 0 Å². The van der Waals surface area contributed by atoms with Crippen LogP contribution >= 0.6 is 0 Å². The number of phenolic OH excluding ortho intramolecular Hbond substituents is 1. The van der Waals surface area contributed by atoms with E-state index in [1.54, 1.807) is 0 Å². The molecule has 8 nitrogen and oxygen atoms in total. The quantitative estimate of drug-likeness (QED) is 0.475. The van der Waals surface area contributed by atoms with Crippen LogP contribution in [0.15, 0.2) is 72.8 Å². The van der Waals surface area contributed by atoms with Crippen molar-refractivity contribution < 1.29 is 32.4 Å². The minimum absolute atomic E-state index is 0.0131. The molecule has 1 atom stereocenters. The highest BCUT2D eigenvalue weighted by atomic mass is 32.2. The van der Waals surface area contributed by atoms with Gasteiger partial charge in [-0.2, -0.15) is 8.42 Å². The number of aromatic hydroxyl groups is 1. The summed E-state index contributed by atoms with van der Waals surface area (Å²) in [5.41, 5.74) is 4.57. The van der Waals surface area contributed by atoms with E-state index in [0.29, 0.717) is 5.56 Å². The van der Waals surface area contributed by atoms with Crippen LogP contribution in [0.2, 0.25) is 0 Å². The Balaban J connectivity index is 1.49. The molecular weight excluding hydrogens is 446 g/mol. The number of benzene rings is 3. The zero-order chi connectivity index (χ0) is 23.6. The van der Waals surface area contributed by atoms with Crippen molar-refractivity contribution in [2.45, 2.75) is 18.4 Å². The first-order valence-corrected chi connectivity index (χ1v) is 11.6. The largest absolute Gasteiger partial charge is 0.508 e. The molecular formula is C24H21NO7S. The van der Waals surface area contributed by atoms with Crippen LogP contribution in [0.4, 0.5) is 4.79 Å². The zero-order valence-electron chi connectivity index (χ0n) is 17.3. The van der Waals surface area contributed by atoms with Crippen molar-refractivity contribution in [2.24, 2.45) is 0 Å². The molecule has 3 aromatic rings. The number of carbonyl (C=O) groups excluding carboxylic acids is 2. The summed E-state index contributed by atoms with van der Waals surface area (Å²) in [6.07, 6.45) is -1.21. The molecule has 3 N–H and O–H groups in total. The third-order valence-corrected chi connectivity index (χ3v) is 6.34. The minimum Gasteiger partial charge on any atom is -0.508 e. The maximum atomic E-state index is 12.5. The Hall–Kier alpha value is -3.69. The van der Waals surface area contributed by atoms with Gasteiger partial charge in [-0.1, -0.05) is 60.7 Å². The first kappa shape index (κ1) is 22.5. The smallest absolute Gasteiger partial charge is 0.407 e. The molecule has 0 saturated carbocycles. The Labute approximate surface area is 190 Å². The molecule has 0 radical (unpaired) electrons. The number of hydrogen-bond acceptors (Lipinski definition) is 6. The lowest BCUT2D eigenvalue weighted by Crippen LogP contribution is -2.45. The van der Waals surface area contributed by atoms with Crippen molar-refractivity contribution in [3.05, 3.63) is 89.5 Å². The number of ether oxygens (including phenoxy) is 1. The second kappa shape index (κ2) is 9.05. The number of fused-ring (bicyclic) bond motifs is 3. The molecule has 1 aliphatic rings. The van der Waals surface area contributed by atoms with Gasteiger partial charge in [-0.05, 0) is 39.9 Å². The lowest BCUT2D eigenvalue weighted by molar-refractivity contribution is -0.114. The topological polar surface area (TPSA) is 130 Å². The number of amides is 1. The van der Waals surface area contributed by atoms with E-state index in [1.807, 2.05) is 48.5 Å². The third kappa shape index (κ3) is 4.89. The Morgan fingerprint density at radius 1 is 0.909 bits per heavy atom. The maximum Gasteiger partial charge on any atom is 0.407 e. The number of carbonyl (C=O) groups is 2. The van der Waals surface area contributed by atoms with E-state index < -0.39 is 27.4 Å². The summed E-state index contributed by atoms with van der Waals surface area (Å²) < 4.78 is 37.4. The number of alkyl carbamates (subject to hydrolysis) is 1. The summed E-state index contributed by atoms with van der Waals surface area (Å²) in [6.45, 7) is -0.0220. The predicted molar refractivity (Wildman–Crippen MR) is 120 cm³/mol. The molecule has 0 aliphatic heterocycles. The molecule has 0 saturated heterocycles. The van der Waals surface area contributed by atoms with Crippen LogP contribution in [-0.4, -0.2) is 41.9 Å². The van der Waals surface area contributed by atoms with Gasteiger partial charge in [-0.25, -0.2) is 4.79 Å². The van der Waals surface area contributed by atoms with E-state index in [9.17, 15) is 27.7 Å². The van der Waals surface area contributed by atoms with E-state index in [-0.39, 0.29) is 24.7 Å². The van der Waals surface area contributed by atoms with Gasteiger partial charge >= 0.3 is 16.2 Å². The molecule has 33 heavy (non-hydrogen) atoms. The monoisotopic (exact) mass is 467 g/mol. The fourth-order valence-electron chi connectivity index (χ4n) is 4.02. The Morgan fingerprint density at radius 3 is 2.00 bits per heavy atom. The number of rotatable bonds is 6. The normalized spacial score (nSPS) is 13.6. The maximum absolute atomic E-state index is 12.5. The van der Waals surface area contributed by atoms with E-state index in [4.69, 9.17) is 4.74 Å². The van der Waals surface area contributed by atoms with E-state index in [2.05, 4.69) is 5.32 Å². The van der Waals surface area contributed by atoms with Crippen molar-refractivity contribution >= 4 is 21.3 Å². The first-order chi connectivity index (χ1) is 15.7. The van der Waals surface area contributed by atoms with E-state index in [0.717, 1.165) is 22.3 Å². The SMILES string of the molecule is O=C(N[C@@H](Cc1ccc(O)cc1)C(=O)S(=O)(=O)O)OCC1c2ccccc2-c2ccccc21. The third-order valence-electron chi connectivity index (χ3n) is 5.55. The van der Waals surface area contributed by atoms with Crippen LogP contribution in [0.5, 0.6) is 5.75 Å². The average Bonchev–Trinajstić information content (AvgIpc) is 3.11. The molecule has 0 unspecified atom stereocenters. The van der Waals surface area contributed by atoms with Gasteiger partial charge in [-0.15, -0.1) is 0 Å². The molecule has 4 rings (SSSR count). The second-order valence-corrected chi connectivity index (χ2v) is 9.04. The summed E-state index contributed by atoms with van der Waals surface area (Å²) in [7, 11) is -5.05. The van der Waals surface area contributed by atoms with Crippen molar-refractivity contribution in [3.8, 4) is 16.9 Å². The summed E-state index contributed by atoms with van der Waals surface area (Å²) in [5.74, 6) is -0.225. The average molecular weight is 467 g/mol. The molecule has 1 aliphatic carbocycles. The molecule has 0 fully saturated rings. The van der Waals surface area contributed by atoms with Crippen molar-refractivity contribution in [3.63, 3.8) is 0 Å². The van der Waals surface area contributed by atoms with Gasteiger partial charge in [0.25, 0.3) is 5.12 Å². The highest BCUT2D eigenvalue weighted by Crippen LogP contribution is 2.44. The highest BCUT2D eigenvalue weighted by Gasteiger charge is 2.33. The molecule has 9 heteroatoms. The van der Waals surface area contributed by atoms with Crippen LogP contribution in [0.3, 0.4) is 0 Å². The minimum atomic E-state index is -5.05. The van der Waals surface area contributed by atoms with Gasteiger partial charge in [0, 0.05) is 12.3 Å². The lowest BCUT2D eigenvalue weighted by atomic mass is 9.98. The molecule has 0 heterocycles. The van der Waals surface area contributed by atoms with Crippen LogP contribution in [0, 0.1) is 0 Å². The Bertz CT molecular complexity index is 1260. The van der Waals surface area contributed by atoms with Gasteiger partial charge in [0.1, 0.15) is 18.4 Å². The Kier molecular flexibility index (Phi) is 6.17. The van der Waals surface area contributed by atoms with Crippen LogP contribution in [-0.2, 0) is 26.1 Å². The molecule has 0 bridgehead atoms. The van der Waals surface area contributed by atoms with Gasteiger partial charge in [0.05, 0.1) is 0 Å². The second-order valence-electron chi connectivity index (χ2n) is 7.69. The summed E-state index contributed by atoms with van der Waals surface area (Å²) >= 11 is 0. The van der Waals surface area contributed by atoms with E-state index >= 15 is 0 Å². The fourth-order valence-corrected chi connectivity index (χ4v) is 4.52. The zero-order valence-corrected chi connectivity index (χ0v) is 18.2. The lowest BCUT2D eigenvalue weighted by Gasteiger charge is -2.18. The highest BCUT2D eigenvalue weighted by molar-refractivity contribution is 8.01. The number of phenols is 1. The van der Waals surface area contributed by atoms with E-state index in [1.165, 1.54) is 24.3 Å². The van der Waals surface area contributed by atoms with Crippen molar-refractivity contribution in [1.82, 2.24) is 5.32 Å². The van der Waals surface area contributed by atoms with Crippen LogP contribution < -0.4 is 5.32 Å². The summed E-state index contributed by atoms with van der Waals surface area (Å²) in [4.78, 5) is 24.7. The standard InChI is InChI=1S/C24H21NO7S/c26-16-11-9-15(10-12-16)13-22(23(27)33(29,30)31)25-24(28)32-14-21-19-7-3-1-5-17(19)18-6-2-4-8-20(18)21/h1-12,21-22,26H,13-14H2,(H,25,28)(H,29,30,31)/t22-/m0/s1. The summed E-state index contributed by atoms with van der Waals surface area (Å²) in [5, 5.41) is 10.1. The number of hydrogen-bond donors (Lipinski definition) is 3. The molecule has 1 amide bonds. The molecule has 0 aromatic heterocycles. The predicted octanol–water partition coefficient (Wildman–Crippen LogP) is 3.26.